The summed E-state index contributed by atoms with van der Waals surface area (Å²) in [6.07, 6.45) is 4.80. The van der Waals surface area contributed by atoms with Crippen molar-refractivity contribution >= 4 is 11.6 Å². The van der Waals surface area contributed by atoms with Gasteiger partial charge in [0.25, 0.3) is 0 Å². The lowest BCUT2D eigenvalue weighted by Gasteiger charge is -2.35. The Bertz CT molecular complexity index is 514. The molecule has 1 aromatic rings. The molecule has 1 amide bonds. The van der Waals surface area contributed by atoms with E-state index in [1.165, 1.54) is 24.8 Å². The van der Waals surface area contributed by atoms with E-state index in [9.17, 15) is 4.79 Å². The summed E-state index contributed by atoms with van der Waals surface area (Å²) in [5.41, 5.74) is 2.40. The van der Waals surface area contributed by atoms with Crippen molar-refractivity contribution in [3.8, 4) is 0 Å². The Balaban J connectivity index is 1.58. The standard InChI is InChI=1S/C18H26N2O/c1-13-6-5-8-16(14(13)2)19-12-18(21)20-11-10-15-7-3-4-9-17(15)20/h3-4,7,9,13-14,16,19H,5-6,8,10-12H2,1-2H3. The Kier molecular flexibility index (Phi) is 4.29. The number of fused-ring (bicyclic) bond motifs is 1. The largest absolute Gasteiger partial charge is 0.311 e. The number of rotatable bonds is 3. The summed E-state index contributed by atoms with van der Waals surface area (Å²) in [4.78, 5) is 14.4. The van der Waals surface area contributed by atoms with Gasteiger partial charge >= 0.3 is 0 Å². The maximum absolute atomic E-state index is 12.5. The number of hydrogen-bond donors (Lipinski definition) is 1. The van der Waals surface area contributed by atoms with E-state index in [1.54, 1.807) is 0 Å². The van der Waals surface area contributed by atoms with Gasteiger partial charge in [-0.15, -0.1) is 0 Å². The highest BCUT2D eigenvalue weighted by Crippen LogP contribution is 2.30. The lowest BCUT2D eigenvalue weighted by Crippen LogP contribution is -2.46. The van der Waals surface area contributed by atoms with Crippen LogP contribution in [0.25, 0.3) is 0 Å². The summed E-state index contributed by atoms with van der Waals surface area (Å²) in [6, 6.07) is 8.75. The zero-order valence-corrected chi connectivity index (χ0v) is 13.1. The highest BCUT2D eigenvalue weighted by atomic mass is 16.2. The second-order valence-corrected chi connectivity index (χ2v) is 6.68. The van der Waals surface area contributed by atoms with E-state index in [0.29, 0.717) is 18.5 Å². The molecule has 3 atom stereocenters. The number of para-hydroxylation sites is 1. The molecule has 1 aromatic carbocycles. The number of nitrogens with one attached hydrogen (secondary N) is 1. The Hall–Kier alpha value is -1.35. The van der Waals surface area contributed by atoms with Crippen LogP contribution >= 0.6 is 0 Å². The van der Waals surface area contributed by atoms with Gasteiger partial charge in [0.15, 0.2) is 0 Å². The Morgan fingerprint density at radius 3 is 2.95 bits per heavy atom. The first kappa shape index (κ1) is 14.6. The molecule has 0 aromatic heterocycles. The minimum Gasteiger partial charge on any atom is -0.311 e. The maximum atomic E-state index is 12.5. The summed E-state index contributed by atoms with van der Waals surface area (Å²) >= 11 is 0. The molecule has 0 radical (unpaired) electrons. The molecule has 3 unspecified atom stereocenters. The van der Waals surface area contributed by atoms with Gasteiger partial charge in [-0.05, 0) is 36.3 Å². The van der Waals surface area contributed by atoms with Crippen LogP contribution in [0, 0.1) is 11.8 Å². The fourth-order valence-electron chi connectivity index (χ4n) is 3.78. The molecule has 1 saturated carbocycles. The van der Waals surface area contributed by atoms with Crippen molar-refractivity contribution in [3.05, 3.63) is 29.8 Å². The highest BCUT2D eigenvalue weighted by Gasteiger charge is 2.29. The van der Waals surface area contributed by atoms with Gasteiger partial charge in [0.1, 0.15) is 0 Å². The molecule has 1 fully saturated rings. The molecule has 0 spiro atoms. The van der Waals surface area contributed by atoms with Gasteiger partial charge in [0, 0.05) is 18.3 Å². The summed E-state index contributed by atoms with van der Waals surface area (Å²) in [5.74, 6) is 1.64. The van der Waals surface area contributed by atoms with Crippen LogP contribution < -0.4 is 10.2 Å². The number of amides is 1. The Morgan fingerprint density at radius 1 is 1.29 bits per heavy atom. The predicted octanol–water partition coefficient (Wildman–Crippen LogP) is 2.99. The van der Waals surface area contributed by atoms with E-state index in [-0.39, 0.29) is 5.91 Å². The minimum atomic E-state index is 0.213. The predicted molar refractivity (Wildman–Crippen MR) is 86.5 cm³/mol. The normalized spacial score (nSPS) is 28.5. The number of nitrogens with zero attached hydrogens (tertiary/aromatic N) is 1. The van der Waals surface area contributed by atoms with Gasteiger partial charge in [-0.1, -0.05) is 44.9 Å². The van der Waals surface area contributed by atoms with Gasteiger partial charge < -0.3 is 10.2 Å². The molecule has 1 N–H and O–H groups in total. The molecular formula is C18H26N2O. The quantitative estimate of drug-likeness (QED) is 0.926. The number of anilines is 1. The van der Waals surface area contributed by atoms with Crippen LogP contribution in [0.15, 0.2) is 24.3 Å². The molecule has 21 heavy (non-hydrogen) atoms. The Labute approximate surface area is 127 Å². The van der Waals surface area contributed by atoms with Crippen LogP contribution in [0.1, 0.15) is 38.7 Å². The van der Waals surface area contributed by atoms with Crippen LogP contribution in [-0.2, 0) is 11.2 Å². The molecular weight excluding hydrogens is 260 g/mol. The third kappa shape index (κ3) is 2.98. The topological polar surface area (TPSA) is 32.3 Å². The molecule has 0 bridgehead atoms. The fourth-order valence-corrected chi connectivity index (χ4v) is 3.78. The van der Waals surface area contributed by atoms with E-state index in [1.807, 2.05) is 11.0 Å². The molecule has 114 valence electrons. The van der Waals surface area contributed by atoms with Gasteiger partial charge in [-0.2, -0.15) is 0 Å². The lowest BCUT2D eigenvalue weighted by atomic mass is 9.78. The maximum Gasteiger partial charge on any atom is 0.240 e. The zero-order chi connectivity index (χ0) is 14.8. The van der Waals surface area contributed by atoms with Crippen molar-refractivity contribution in [3.63, 3.8) is 0 Å². The van der Waals surface area contributed by atoms with Crippen LogP contribution in [0.3, 0.4) is 0 Å². The second kappa shape index (κ2) is 6.18. The van der Waals surface area contributed by atoms with E-state index in [0.717, 1.165) is 24.6 Å². The Morgan fingerprint density at radius 2 is 2.10 bits per heavy atom. The third-order valence-corrected chi connectivity index (χ3v) is 5.41. The molecule has 1 aliphatic carbocycles. The van der Waals surface area contributed by atoms with Gasteiger partial charge in [-0.3, -0.25) is 4.79 Å². The lowest BCUT2D eigenvalue weighted by molar-refractivity contribution is -0.118. The highest BCUT2D eigenvalue weighted by molar-refractivity contribution is 5.96. The number of benzene rings is 1. The summed E-state index contributed by atoms with van der Waals surface area (Å²) in [7, 11) is 0. The number of hydrogen-bond acceptors (Lipinski definition) is 2. The van der Waals surface area contributed by atoms with Crippen LogP contribution in [0.2, 0.25) is 0 Å². The minimum absolute atomic E-state index is 0.213. The smallest absolute Gasteiger partial charge is 0.240 e. The van der Waals surface area contributed by atoms with Crippen molar-refractivity contribution in [1.29, 1.82) is 0 Å². The van der Waals surface area contributed by atoms with Gasteiger partial charge in [0.2, 0.25) is 5.91 Å². The first-order valence-corrected chi connectivity index (χ1v) is 8.28. The molecule has 1 aliphatic heterocycles. The van der Waals surface area contributed by atoms with E-state index in [2.05, 4.69) is 37.4 Å². The fraction of sp³-hybridized carbons (Fsp3) is 0.611. The second-order valence-electron chi connectivity index (χ2n) is 6.68. The van der Waals surface area contributed by atoms with Gasteiger partial charge in [-0.25, -0.2) is 0 Å². The molecule has 3 nitrogen and oxygen atoms in total. The van der Waals surface area contributed by atoms with Gasteiger partial charge in [0.05, 0.1) is 6.54 Å². The first-order valence-electron chi connectivity index (χ1n) is 8.28. The summed E-state index contributed by atoms with van der Waals surface area (Å²) < 4.78 is 0. The average Bonchev–Trinajstić information content (AvgIpc) is 2.92. The van der Waals surface area contributed by atoms with Crippen LogP contribution in [0.4, 0.5) is 5.69 Å². The van der Waals surface area contributed by atoms with Crippen LogP contribution in [0.5, 0.6) is 0 Å². The van der Waals surface area contributed by atoms with E-state index >= 15 is 0 Å². The summed E-state index contributed by atoms with van der Waals surface area (Å²) in [5, 5.41) is 3.52. The monoisotopic (exact) mass is 286 g/mol. The van der Waals surface area contributed by atoms with E-state index < -0.39 is 0 Å². The third-order valence-electron chi connectivity index (χ3n) is 5.41. The zero-order valence-electron chi connectivity index (χ0n) is 13.1. The first-order chi connectivity index (χ1) is 10.2. The van der Waals surface area contributed by atoms with Crippen molar-refractivity contribution < 1.29 is 4.79 Å². The van der Waals surface area contributed by atoms with Crippen LogP contribution in [-0.4, -0.2) is 25.0 Å². The SMILES string of the molecule is CC1CCCC(NCC(=O)N2CCc3ccccc32)C1C. The molecule has 3 rings (SSSR count). The molecule has 1 heterocycles. The average molecular weight is 286 g/mol. The summed E-state index contributed by atoms with van der Waals surface area (Å²) in [6.45, 7) is 5.95. The van der Waals surface area contributed by atoms with Crippen molar-refractivity contribution in [2.75, 3.05) is 18.0 Å². The van der Waals surface area contributed by atoms with Crippen molar-refractivity contribution in [1.82, 2.24) is 5.32 Å². The van der Waals surface area contributed by atoms with E-state index in [4.69, 9.17) is 0 Å². The number of carbonyl (C=O) groups is 1. The van der Waals surface area contributed by atoms with Crippen molar-refractivity contribution in [2.24, 2.45) is 11.8 Å². The molecule has 0 saturated heterocycles. The molecule has 3 heteroatoms. The molecule has 2 aliphatic rings. The number of carbonyl (C=O) groups excluding carboxylic acids is 1. The van der Waals surface area contributed by atoms with Crippen molar-refractivity contribution in [2.45, 2.75) is 45.6 Å².